The summed E-state index contributed by atoms with van der Waals surface area (Å²) in [4.78, 5) is 11.2. The van der Waals surface area contributed by atoms with Crippen LogP contribution >= 0.6 is 11.6 Å². The summed E-state index contributed by atoms with van der Waals surface area (Å²) in [6.45, 7) is 0.499. The molecule has 0 saturated heterocycles. The maximum atomic E-state index is 11.2. The summed E-state index contributed by atoms with van der Waals surface area (Å²) >= 11 is 3.38. The van der Waals surface area contributed by atoms with Crippen molar-refractivity contribution in [3.63, 3.8) is 0 Å². The van der Waals surface area contributed by atoms with E-state index in [2.05, 4.69) is 0 Å². The number of allylic oxidation sites excluding steroid dienone is 2. The number of halogens is 1. The van der Waals surface area contributed by atoms with E-state index in [0.29, 0.717) is 14.9 Å². The number of carboxylic acids is 1. The Morgan fingerprint density at radius 1 is 1.35 bits per heavy atom. The molecule has 0 radical (unpaired) electrons. The van der Waals surface area contributed by atoms with Crippen LogP contribution in [0.2, 0.25) is 0 Å². The van der Waals surface area contributed by atoms with Crippen LogP contribution < -0.4 is 9.05 Å². The Morgan fingerprint density at radius 2 is 2.00 bits per heavy atom. The van der Waals surface area contributed by atoms with Crippen LogP contribution in [0.15, 0.2) is 42.5 Å². The monoisotopic (exact) mass is 351 g/mol. The minimum absolute atomic E-state index is 0.390. The zero-order valence-corrected chi connectivity index (χ0v) is 13.1. The number of carboxylic acid groups (broad SMARTS) is 1. The van der Waals surface area contributed by atoms with Crippen molar-refractivity contribution >= 4 is 42.3 Å². The van der Waals surface area contributed by atoms with E-state index in [1.165, 1.54) is 0 Å². The van der Waals surface area contributed by atoms with Gasteiger partial charge in [0.05, 0.1) is 0 Å². The summed E-state index contributed by atoms with van der Waals surface area (Å²) in [5.74, 6) is -0.885. The molecule has 3 nitrogen and oxygen atoms in total. The summed E-state index contributed by atoms with van der Waals surface area (Å²) in [5, 5.41) is 9.56. The molecular formula is C12H11ClInNO2. The van der Waals surface area contributed by atoms with E-state index in [4.69, 9.17) is 22.4 Å². The zero-order valence-electron chi connectivity index (χ0n) is 9.06. The van der Waals surface area contributed by atoms with Crippen molar-refractivity contribution in [1.29, 1.82) is 0 Å². The first-order chi connectivity index (χ1) is 8.13. The third-order valence-corrected chi connectivity index (χ3v) is 11.8. The Kier molecular flexibility index (Phi) is 3.97. The summed E-state index contributed by atoms with van der Waals surface area (Å²) < 4.78 is 3.56. The SMILES string of the molecule is NCc1cc[c]([In]2[CH]=CC(Cl)=[C]2C(=O)O)cc1. The second kappa shape index (κ2) is 5.29. The van der Waals surface area contributed by atoms with E-state index in [9.17, 15) is 4.79 Å². The van der Waals surface area contributed by atoms with Crippen LogP contribution in [0.4, 0.5) is 0 Å². The Morgan fingerprint density at radius 3 is 2.53 bits per heavy atom. The predicted octanol–water partition coefficient (Wildman–Crippen LogP) is 1.07. The molecule has 1 aliphatic rings. The molecule has 1 aromatic rings. The molecule has 86 valence electrons. The van der Waals surface area contributed by atoms with Gasteiger partial charge in [0.25, 0.3) is 0 Å². The van der Waals surface area contributed by atoms with Gasteiger partial charge in [-0.1, -0.05) is 0 Å². The topological polar surface area (TPSA) is 63.3 Å². The minimum atomic E-state index is -2.54. The van der Waals surface area contributed by atoms with Crippen LogP contribution in [-0.4, -0.2) is 32.5 Å². The van der Waals surface area contributed by atoms with Crippen LogP contribution in [-0.2, 0) is 11.3 Å². The third kappa shape index (κ3) is 2.59. The number of nitrogens with two attached hydrogens (primary N) is 1. The van der Waals surface area contributed by atoms with Gasteiger partial charge in [0.2, 0.25) is 0 Å². The molecule has 1 aromatic carbocycles. The summed E-state index contributed by atoms with van der Waals surface area (Å²) in [5.41, 5.74) is 6.58. The fourth-order valence-corrected chi connectivity index (χ4v) is 10.0. The van der Waals surface area contributed by atoms with Crippen molar-refractivity contribution < 1.29 is 9.90 Å². The normalized spacial score (nSPS) is 14.6. The van der Waals surface area contributed by atoms with E-state index in [0.717, 1.165) is 8.88 Å². The number of rotatable bonds is 3. The van der Waals surface area contributed by atoms with Gasteiger partial charge in [-0.05, 0) is 0 Å². The number of hydrogen-bond acceptors (Lipinski definition) is 2. The fraction of sp³-hybridized carbons (Fsp3) is 0.0833. The molecule has 17 heavy (non-hydrogen) atoms. The van der Waals surface area contributed by atoms with Gasteiger partial charge in [0.15, 0.2) is 0 Å². The fourth-order valence-electron chi connectivity index (χ4n) is 1.89. The van der Waals surface area contributed by atoms with E-state index < -0.39 is 27.4 Å². The number of carbonyl (C=O) groups is 1. The van der Waals surface area contributed by atoms with Crippen LogP contribution in [0.25, 0.3) is 0 Å². The van der Waals surface area contributed by atoms with Gasteiger partial charge in [-0.2, -0.15) is 0 Å². The first kappa shape index (κ1) is 12.7. The second-order valence-electron chi connectivity index (χ2n) is 3.85. The quantitative estimate of drug-likeness (QED) is 0.856. The van der Waals surface area contributed by atoms with Crippen molar-refractivity contribution in [1.82, 2.24) is 0 Å². The predicted molar refractivity (Wildman–Crippen MR) is 69.4 cm³/mol. The van der Waals surface area contributed by atoms with Crippen molar-refractivity contribution in [2.45, 2.75) is 6.54 Å². The Labute approximate surface area is 112 Å². The third-order valence-electron chi connectivity index (χ3n) is 2.81. The Balaban J connectivity index is 2.34. The van der Waals surface area contributed by atoms with Gasteiger partial charge in [0.1, 0.15) is 0 Å². The first-order valence-corrected chi connectivity index (χ1v) is 10.8. The standard InChI is InChI=1S/C7H8N.C5H3ClO2.In/c8-6-7-4-2-1-3-5-7;1-2-4(6)3-5(7)8;/h2-5H,6,8H2;1-2H,(H,7,8);. The molecule has 0 aliphatic carbocycles. The number of hydrogen-bond donors (Lipinski definition) is 2. The zero-order chi connectivity index (χ0) is 12.4. The number of benzene rings is 1. The van der Waals surface area contributed by atoms with Gasteiger partial charge >= 0.3 is 113 Å². The van der Waals surface area contributed by atoms with Crippen LogP contribution in [0.1, 0.15) is 5.56 Å². The van der Waals surface area contributed by atoms with Crippen LogP contribution in [0, 0.1) is 0 Å². The number of aliphatic carboxylic acids is 1. The first-order valence-electron chi connectivity index (χ1n) is 5.23. The molecule has 0 fully saturated rings. The van der Waals surface area contributed by atoms with Crippen molar-refractivity contribution in [3.05, 3.63) is 48.1 Å². The van der Waals surface area contributed by atoms with E-state index in [1.54, 1.807) is 6.08 Å². The summed E-state index contributed by atoms with van der Waals surface area (Å²) in [6.07, 6.45) is 1.72. The summed E-state index contributed by atoms with van der Waals surface area (Å²) in [7, 11) is 0. The van der Waals surface area contributed by atoms with Gasteiger partial charge < -0.3 is 0 Å². The van der Waals surface area contributed by atoms with Gasteiger partial charge in [-0.25, -0.2) is 0 Å². The molecular weight excluding hydrogens is 340 g/mol. The van der Waals surface area contributed by atoms with Gasteiger partial charge in [0, 0.05) is 0 Å². The second-order valence-corrected chi connectivity index (χ2v) is 11.6. The van der Waals surface area contributed by atoms with Crippen molar-refractivity contribution in [2.24, 2.45) is 5.73 Å². The molecule has 0 unspecified atom stereocenters. The molecule has 0 amide bonds. The van der Waals surface area contributed by atoms with Gasteiger partial charge in [-0.3, -0.25) is 0 Å². The van der Waals surface area contributed by atoms with Crippen LogP contribution in [0.3, 0.4) is 0 Å². The van der Waals surface area contributed by atoms with E-state index >= 15 is 0 Å². The molecule has 0 saturated carbocycles. The molecule has 1 aliphatic heterocycles. The van der Waals surface area contributed by atoms with Crippen molar-refractivity contribution in [2.75, 3.05) is 0 Å². The van der Waals surface area contributed by atoms with Crippen molar-refractivity contribution in [3.8, 4) is 0 Å². The average molecular weight is 351 g/mol. The molecule has 1 heterocycles. The molecule has 0 spiro atoms. The maximum absolute atomic E-state index is 11.2. The molecule has 3 N–H and O–H groups in total. The summed E-state index contributed by atoms with van der Waals surface area (Å²) in [6, 6.07) is 7.86. The molecule has 0 bridgehead atoms. The molecule has 5 heteroatoms. The van der Waals surface area contributed by atoms with E-state index in [1.807, 2.05) is 28.1 Å². The van der Waals surface area contributed by atoms with Crippen LogP contribution in [0.5, 0.6) is 0 Å². The molecule has 0 aromatic heterocycles. The van der Waals surface area contributed by atoms with E-state index in [-0.39, 0.29) is 0 Å². The van der Waals surface area contributed by atoms with Gasteiger partial charge in [-0.15, -0.1) is 0 Å². The molecule has 0 atom stereocenters. The Hall–Kier alpha value is -0.710. The Bertz CT molecular complexity index is 508. The molecule has 2 rings (SSSR count). The average Bonchev–Trinajstić information content (AvgIpc) is 2.71.